The summed E-state index contributed by atoms with van der Waals surface area (Å²) in [6, 6.07) is 0.0712. The average molecular weight is 240 g/mol. The lowest BCUT2D eigenvalue weighted by Crippen LogP contribution is -2.35. The number of hydrogen-bond acceptors (Lipinski definition) is 2. The van der Waals surface area contributed by atoms with E-state index >= 15 is 0 Å². The van der Waals surface area contributed by atoms with Crippen molar-refractivity contribution in [1.29, 1.82) is 0 Å². The van der Waals surface area contributed by atoms with Crippen molar-refractivity contribution in [2.24, 2.45) is 0 Å². The summed E-state index contributed by atoms with van der Waals surface area (Å²) < 4.78 is 0.843. The second-order valence-corrected chi connectivity index (χ2v) is 2.73. The molecule has 0 aromatic heterocycles. The first-order chi connectivity index (χ1) is 4.34. The molecule has 1 amide bonds. The number of amides is 1. The van der Waals surface area contributed by atoms with Crippen LogP contribution in [0.25, 0.3) is 0 Å². The van der Waals surface area contributed by atoms with Gasteiger partial charge in [-0.05, 0) is 6.42 Å². The van der Waals surface area contributed by atoms with E-state index in [-0.39, 0.29) is 11.9 Å². The van der Waals surface area contributed by atoms with Crippen LogP contribution in [-0.4, -0.2) is 23.0 Å². The van der Waals surface area contributed by atoms with Crippen molar-refractivity contribution in [3.8, 4) is 0 Å². The Balaban J connectivity index is 2.31. The molecule has 0 aliphatic carbocycles. The Morgan fingerprint density at radius 3 is 3.11 bits per heavy atom. The predicted molar refractivity (Wildman–Crippen MR) is 43.4 cm³/mol. The Kier molecular flexibility index (Phi) is 2.71. The fourth-order valence-corrected chi connectivity index (χ4v) is 1.41. The summed E-state index contributed by atoms with van der Waals surface area (Å²) in [5, 5.41) is 5.82. The molecule has 4 heteroatoms. The number of hydrogen-bond donors (Lipinski definition) is 2. The molecule has 0 unspecified atom stereocenters. The number of rotatable bonds is 2. The van der Waals surface area contributed by atoms with Crippen LogP contribution < -0.4 is 10.6 Å². The van der Waals surface area contributed by atoms with E-state index in [4.69, 9.17) is 0 Å². The van der Waals surface area contributed by atoms with Gasteiger partial charge in [0.25, 0.3) is 0 Å². The molecule has 1 heterocycles. The fraction of sp³-hybridized carbons (Fsp3) is 0.800. The minimum Gasteiger partial charge on any atom is -0.355 e. The highest BCUT2D eigenvalue weighted by Crippen LogP contribution is 1.98. The van der Waals surface area contributed by atoms with Crippen LogP contribution in [0, 0.1) is 0 Å². The van der Waals surface area contributed by atoms with Crippen molar-refractivity contribution in [3.63, 3.8) is 0 Å². The molecule has 3 nitrogen and oxygen atoms in total. The molecule has 1 aliphatic heterocycles. The highest BCUT2D eigenvalue weighted by Gasteiger charge is 2.22. The lowest BCUT2D eigenvalue weighted by atomic mass is 10.3. The Morgan fingerprint density at radius 2 is 2.67 bits per heavy atom. The van der Waals surface area contributed by atoms with E-state index in [1.54, 1.807) is 0 Å². The largest absolute Gasteiger partial charge is 0.355 e. The second-order valence-electron chi connectivity index (χ2n) is 1.97. The molecule has 52 valence electrons. The SMILES string of the molecule is O=C1NCC[C@@H]1NCI. The van der Waals surface area contributed by atoms with Crippen molar-refractivity contribution >= 4 is 28.5 Å². The normalized spacial score (nSPS) is 26.3. The van der Waals surface area contributed by atoms with Gasteiger partial charge in [0.1, 0.15) is 0 Å². The molecule has 1 fully saturated rings. The van der Waals surface area contributed by atoms with Gasteiger partial charge in [0.05, 0.1) is 6.04 Å². The molecular weight excluding hydrogens is 231 g/mol. The maximum atomic E-state index is 10.8. The van der Waals surface area contributed by atoms with Gasteiger partial charge in [0.15, 0.2) is 0 Å². The maximum absolute atomic E-state index is 10.8. The predicted octanol–water partition coefficient (Wildman–Crippen LogP) is -0.143. The first-order valence-corrected chi connectivity index (χ1v) is 4.44. The molecule has 1 atom stereocenters. The minimum atomic E-state index is 0.0712. The molecule has 1 saturated heterocycles. The smallest absolute Gasteiger partial charge is 0.237 e. The molecule has 0 bridgehead atoms. The summed E-state index contributed by atoms with van der Waals surface area (Å²) in [5.74, 6) is 0.145. The number of nitrogens with one attached hydrogen (secondary N) is 2. The van der Waals surface area contributed by atoms with Crippen molar-refractivity contribution in [1.82, 2.24) is 10.6 Å². The lowest BCUT2D eigenvalue weighted by Gasteiger charge is -2.03. The number of carbonyl (C=O) groups is 1. The van der Waals surface area contributed by atoms with E-state index in [1.165, 1.54) is 0 Å². The Morgan fingerprint density at radius 1 is 1.89 bits per heavy atom. The van der Waals surface area contributed by atoms with Crippen molar-refractivity contribution in [3.05, 3.63) is 0 Å². The second kappa shape index (κ2) is 3.36. The minimum absolute atomic E-state index is 0.0712. The summed E-state index contributed by atoms with van der Waals surface area (Å²) in [6.45, 7) is 0.827. The Bertz CT molecular complexity index is 118. The molecule has 0 aromatic rings. The first-order valence-electron chi connectivity index (χ1n) is 2.91. The topological polar surface area (TPSA) is 41.1 Å². The summed E-state index contributed by atoms with van der Waals surface area (Å²) in [5.41, 5.74) is 0. The van der Waals surface area contributed by atoms with Crippen LogP contribution in [0.5, 0.6) is 0 Å². The van der Waals surface area contributed by atoms with Crippen LogP contribution in [0.4, 0.5) is 0 Å². The van der Waals surface area contributed by atoms with Gasteiger partial charge >= 0.3 is 0 Å². The third kappa shape index (κ3) is 1.79. The van der Waals surface area contributed by atoms with Crippen molar-refractivity contribution in [2.75, 3.05) is 11.1 Å². The van der Waals surface area contributed by atoms with Gasteiger partial charge in [-0.15, -0.1) is 0 Å². The molecule has 1 aliphatic rings. The van der Waals surface area contributed by atoms with Crippen LogP contribution in [-0.2, 0) is 4.79 Å². The Hall–Kier alpha value is 0.160. The fourth-order valence-electron chi connectivity index (χ4n) is 0.882. The van der Waals surface area contributed by atoms with Crippen molar-refractivity contribution in [2.45, 2.75) is 12.5 Å². The van der Waals surface area contributed by atoms with Gasteiger partial charge in [-0.1, -0.05) is 22.6 Å². The van der Waals surface area contributed by atoms with Crippen LogP contribution in [0.3, 0.4) is 0 Å². The Labute approximate surface area is 67.7 Å². The van der Waals surface area contributed by atoms with Crippen LogP contribution in [0.2, 0.25) is 0 Å². The van der Waals surface area contributed by atoms with E-state index in [0.29, 0.717) is 0 Å². The molecule has 2 N–H and O–H groups in total. The number of alkyl halides is 1. The zero-order chi connectivity index (χ0) is 6.69. The van der Waals surface area contributed by atoms with Gasteiger partial charge in [-0.3, -0.25) is 10.1 Å². The third-order valence-corrected chi connectivity index (χ3v) is 1.81. The van der Waals surface area contributed by atoms with E-state index < -0.39 is 0 Å². The summed E-state index contributed by atoms with van der Waals surface area (Å²) in [4.78, 5) is 10.8. The molecule has 9 heavy (non-hydrogen) atoms. The van der Waals surface area contributed by atoms with Gasteiger partial charge < -0.3 is 5.32 Å². The highest BCUT2D eigenvalue weighted by molar-refractivity contribution is 14.1. The van der Waals surface area contributed by atoms with Gasteiger partial charge in [-0.25, -0.2) is 0 Å². The summed E-state index contributed by atoms with van der Waals surface area (Å²) >= 11 is 2.20. The maximum Gasteiger partial charge on any atom is 0.237 e. The van der Waals surface area contributed by atoms with E-state index in [2.05, 4.69) is 33.2 Å². The highest BCUT2D eigenvalue weighted by atomic mass is 127. The number of halogens is 1. The van der Waals surface area contributed by atoms with Crippen LogP contribution in [0.15, 0.2) is 0 Å². The standard InChI is InChI=1S/C5H9IN2O/c6-3-8-4-1-2-7-5(4)9/h4,8H,1-3H2,(H,7,9)/t4-/m0/s1. The molecule has 0 saturated carbocycles. The quantitative estimate of drug-likeness (QED) is 0.400. The zero-order valence-corrected chi connectivity index (χ0v) is 7.14. The summed E-state index contributed by atoms with van der Waals surface area (Å²) in [7, 11) is 0. The lowest BCUT2D eigenvalue weighted by molar-refractivity contribution is -0.120. The molecule has 0 radical (unpaired) electrons. The van der Waals surface area contributed by atoms with Crippen molar-refractivity contribution < 1.29 is 4.79 Å². The van der Waals surface area contributed by atoms with Gasteiger partial charge in [-0.2, -0.15) is 0 Å². The van der Waals surface area contributed by atoms with Crippen LogP contribution in [0.1, 0.15) is 6.42 Å². The molecule has 0 aromatic carbocycles. The monoisotopic (exact) mass is 240 g/mol. The average Bonchev–Trinajstić information content (AvgIpc) is 2.18. The molecular formula is C5H9IN2O. The number of carbonyl (C=O) groups excluding carboxylic acids is 1. The van der Waals surface area contributed by atoms with Gasteiger partial charge in [0.2, 0.25) is 5.91 Å². The van der Waals surface area contributed by atoms with E-state index in [9.17, 15) is 4.79 Å². The first kappa shape index (κ1) is 7.27. The zero-order valence-electron chi connectivity index (χ0n) is 4.98. The molecule has 0 spiro atoms. The molecule has 1 rings (SSSR count). The third-order valence-electron chi connectivity index (χ3n) is 1.37. The summed E-state index contributed by atoms with van der Waals surface area (Å²) in [6.07, 6.45) is 0.932. The van der Waals surface area contributed by atoms with E-state index in [1.807, 2.05) is 0 Å². The van der Waals surface area contributed by atoms with E-state index in [0.717, 1.165) is 17.5 Å². The van der Waals surface area contributed by atoms with Gasteiger partial charge in [0, 0.05) is 11.1 Å². The van der Waals surface area contributed by atoms with Crippen LogP contribution >= 0.6 is 22.6 Å².